The lowest BCUT2D eigenvalue weighted by atomic mass is 9.97. The van der Waals surface area contributed by atoms with Gasteiger partial charge in [0.2, 0.25) is 5.60 Å². The van der Waals surface area contributed by atoms with Crippen molar-refractivity contribution in [3.63, 3.8) is 0 Å². The summed E-state index contributed by atoms with van der Waals surface area (Å²) in [6, 6.07) is 9.92. The molecule has 0 aliphatic heterocycles. The summed E-state index contributed by atoms with van der Waals surface area (Å²) in [4.78, 5) is 9.29. The van der Waals surface area contributed by atoms with Crippen LogP contribution < -0.4 is 10.6 Å². The van der Waals surface area contributed by atoms with Crippen LogP contribution in [0.15, 0.2) is 52.6 Å². The number of alkyl halides is 3. The number of guanidine groups is 1. The Balaban J connectivity index is 1.98. The maximum atomic E-state index is 13.6. The molecule has 1 heterocycles. The number of thioether (sulfide) groups is 1. The SMILES string of the molecule is CCNC(=NCC(C)Sc1ccccc1)NCCC(O)(c1nccn1C)C(F)(F)F. The largest absolute Gasteiger partial charge is 0.424 e. The average molecular weight is 444 g/mol. The molecule has 30 heavy (non-hydrogen) atoms. The Labute approximate surface area is 179 Å². The third kappa shape index (κ3) is 6.40. The maximum absolute atomic E-state index is 13.6. The van der Waals surface area contributed by atoms with Gasteiger partial charge < -0.3 is 20.3 Å². The van der Waals surface area contributed by atoms with Gasteiger partial charge in [-0.2, -0.15) is 13.2 Å². The van der Waals surface area contributed by atoms with Gasteiger partial charge in [-0.1, -0.05) is 25.1 Å². The quantitative estimate of drug-likeness (QED) is 0.315. The Morgan fingerprint density at radius 3 is 2.53 bits per heavy atom. The first kappa shape index (κ1) is 24.1. The van der Waals surface area contributed by atoms with Crippen molar-refractivity contribution in [3.8, 4) is 0 Å². The molecule has 3 N–H and O–H groups in total. The summed E-state index contributed by atoms with van der Waals surface area (Å²) in [5.74, 6) is -0.0333. The molecular formula is C20H28F3N5OS. The lowest BCUT2D eigenvalue weighted by Crippen LogP contribution is -2.48. The van der Waals surface area contributed by atoms with E-state index in [1.807, 2.05) is 44.2 Å². The minimum Gasteiger partial charge on any atom is -0.374 e. The summed E-state index contributed by atoms with van der Waals surface area (Å²) in [5.41, 5.74) is -3.05. The Morgan fingerprint density at radius 2 is 1.97 bits per heavy atom. The van der Waals surface area contributed by atoms with Crippen LogP contribution in [-0.4, -0.2) is 51.7 Å². The van der Waals surface area contributed by atoms with E-state index in [9.17, 15) is 18.3 Å². The number of imidazole rings is 1. The summed E-state index contributed by atoms with van der Waals surface area (Å²) < 4.78 is 42.0. The predicted molar refractivity (Wildman–Crippen MR) is 114 cm³/mol. The molecule has 0 saturated heterocycles. The third-order valence-electron chi connectivity index (χ3n) is 4.37. The normalized spacial score (nSPS) is 15.5. The zero-order valence-electron chi connectivity index (χ0n) is 17.3. The molecule has 1 aromatic carbocycles. The molecule has 0 fully saturated rings. The summed E-state index contributed by atoms with van der Waals surface area (Å²) >= 11 is 1.67. The van der Waals surface area contributed by atoms with Crippen LogP contribution in [0.25, 0.3) is 0 Å². The lowest BCUT2D eigenvalue weighted by molar-refractivity contribution is -0.272. The first-order chi connectivity index (χ1) is 14.2. The fraction of sp³-hybridized carbons (Fsp3) is 0.500. The van der Waals surface area contributed by atoms with Crippen LogP contribution >= 0.6 is 11.8 Å². The molecule has 2 aromatic rings. The first-order valence-electron chi connectivity index (χ1n) is 9.68. The Kier molecular flexibility index (Phi) is 8.60. The molecule has 6 nitrogen and oxygen atoms in total. The molecule has 2 unspecified atom stereocenters. The second-order valence-corrected chi connectivity index (χ2v) is 8.37. The number of aryl methyl sites for hydroxylation is 1. The van der Waals surface area contributed by atoms with E-state index in [1.54, 1.807) is 11.8 Å². The van der Waals surface area contributed by atoms with Crippen LogP contribution in [0, 0.1) is 0 Å². The van der Waals surface area contributed by atoms with Crippen LogP contribution in [0.2, 0.25) is 0 Å². The number of benzene rings is 1. The van der Waals surface area contributed by atoms with Crippen LogP contribution in [0.1, 0.15) is 26.1 Å². The van der Waals surface area contributed by atoms with Crippen LogP contribution in [-0.2, 0) is 12.6 Å². The standard InChI is InChI=1S/C20H28F3N5OS/c1-4-24-18(27-14-15(2)30-16-8-6-5-7-9-16)26-11-10-19(29,20(21,22)23)17-25-12-13-28(17)3/h5-9,12-13,15,29H,4,10-11,14H2,1-3H3,(H2,24,26,27). The van der Waals surface area contributed by atoms with Gasteiger partial charge >= 0.3 is 6.18 Å². The van der Waals surface area contributed by atoms with Gasteiger partial charge in [0.15, 0.2) is 5.96 Å². The van der Waals surface area contributed by atoms with Crippen molar-refractivity contribution in [2.24, 2.45) is 12.0 Å². The summed E-state index contributed by atoms with van der Waals surface area (Å²) in [6.45, 7) is 4.83. The highest BCUT2D eigenvalue weighted by Crippen LogP contribution is 2.40. The highest BCUT2D eigenvalue weighted by molar-refractivity contribution is 8.00. The second-order valence-electron chi connectivity index (χ2n) is 6.86. The number of aliphatic hydroxyl groups is 1. The monoisotopic (exact) mass is 443 g/mol. The van der Waals surface area contributed by atoms with E-state index in [0.717, 1.165) is 4.90 Å². The van der Waals surface area contributed by atoms with Gasteiger partial charge in [0.1, 0.15) is 5.82 Å². The van der Waals surface area contributed by atoms with Crippen molar-refractivity contribution in [2.45, 2.75) is 42.2 Å². The number of nitrogens with one attached hydrogen (secondary N) is 2. The van der Waals surface area contributed by atoms with Gasteiger partial charge in [-0.25, -0.2) is 4.98 Å². The predicted octanol–water partition coefficient (Wildman–Crippen LogP) is 3.30. The Morgan fingerprint density at radius 1 is 1.27 bits per heavy atom. The Hall–Kier alpha value is -2.20. The summed E-state index contributed by atoms with van der Waals surface area (Å²) in [6.07, 6.45) is -2.85. The van der Waals surface area contributed by atoms with E-state index in [2.05, 4.69) is 20.6 Å². The van der Waals surface area contributed by atoms with Crippen LogP contribution in [0.5, 0.6) is 0 Å². The fourth-order valence-electron chi connectivity index (χ4n) is 2.84. The van der Waals surface area contributed by atoms with E-state index >= 15 is 0 Å². The van der Waals surface area contributed by atoms with Gasteiger partial charge in [-0.05, 0) is 19.1 Å². The molecule has 0 spiro atoms. The van der Waals surface area contributed by atoms with Crippen molar-refractivity contribution in [1.82, 2.24) is 20.2 Å². The number of rotatable bonds is 9. The molecule has 0 radical (unpaired) electrons. The molecule has 0 aliphatic carbocycles. The molecule has 2 atom stereocenters. The maximum Gasteiger partial charge on any atom is 0.424 e. The zero-order valence-corrected chi connectivity index (χ0v) is 18.1. The highest BCUT2D eigenvalue weighted by atomic mass is 32.2. The minimum absolute atomic E-state index is 0.130. The molecule has 0 amide bonds. The Bertz CT molecular complexity index is 812. The van der Waals surface area contributed by atoms with Gasteiger partial charge in [0, 0.05) is 49.1 Å². The van der Waals surface area contributed by atoms with E-state index in [0.29, 0.717) is 19.0 Å². The number of aliphatic imine (C=N–C) groups is 1. The second kappa shape index (κ2) is 10.7. The highest BCUT2D eigenvalue weighted by Gasteiger charge is 2.57. The molecule has 0 bridgehead atoms. The minimum atomic E-state index is -4.86. The van der Waals surface area contributed by atoms with Crippen molar-refractivity contribution in [3.05, 3.63) is 48.5 Å². The van der Waals surface area contributed by atoms with Crippen molar-refractivity contribution in [2.75, 3.05) is 19.6 Å². The van der Waals surface area contributed by atoms with Crippen molar-refractivity contribution < 1.29 is 18.3 Å². The van der Waals surface area contributed by atoms with Crippen LogP contribution in [0.3, 0.4) is 0 Å². The van der Waals surface area contributed by atoms with Gasteiger partial charge in [-0.15, -0.1) is 11.8 Å². The van der Waals surface area contributed by atoms with E-state index in [4.69, 9.17) is 0 Å². The van der Waals surface area contributed by atoms with Gasteiger partial charge in [-0.3, -0.25) is 4.99 Å². The van der Waals surface area contributed by atoms with Gasteiger partial charge in [0.05, 0.1) is 6.54 Å². The number of aromatic nitrogens is 2. The number of nitrogens with zero attached hydrogens (tertiary/aromatic N) is 3. The number of hydrogen-bond acceptors (Lipinski definition) is 4. The molecule has 10 heteroatoms. The molecule has 166 valence electrons. The van der Waals surface area contributed by atoms with E-state index in [1.165, 1.54) is 24.0 Å². The smallest absolute Gasteiger partial charge is 0.374 e. The lowest BCUT2D eigenvalue weighted by Gasteiger charge is -2.30. The fourth-order valence-corrected chi connectivity index (χ4v) is 3.76. The van der Waals surface area contributed by atoms with Crippen LogP contribution in [0.4, 0.5) is 13.2 Å². The summed E-state index contributed by atoms with van der Waals surface area (Å²) in [5, 5.41) is 16.5. The molecule has 2 rings (SSSR count). The first-order valence-corrected chi connectivity index (χ1v) is 10.6. The molecule has 0 saturated carbocycles. The average Bonchev–Trinajstić information content (AvgIpc) is 3.12. The van der Waals surface area contributed by atoms with Crippen molar-refractivity contribution >= 4 is 17.7 Å². The summed E-state index contributed by atoms with van der Waals surface area (Å²) in [7, 11) is 1.42. The zero-order chi connectivity index (χ0) is 22.2. The van der Waals surface area contributed by atoms with Gasteiger partial charge in [0.25, 0.3) is 0 Å². The third-order valence-corrected chi connectivity index (χ3v) is 5.47. The van der Waals surface area contributed by atoms with Crippen molar-refractivity contribution in [1.29, 1.82) is 0 Å². The molecular weight excluding hydrogens is 415 g/mol. The molecule has 1 aromatic heterocycles. The number of hydrogen-bond donors (Lipinski definition) is 3. The van der Waals surface area contributed by atoms with E-state index in [-0.39, 0.29) is 11.8 Å². The van der Waals surface area contributed by atoms with E-state index < -0.39 is 24.0 Å². The molecule has 0 aliphatic rings. The topological polar surface area (TPSA) is 74.5 Å². The number of halogens is 3.